The highest BCUT2D eigenvalue weighted by Gasteiger charge is 1.37. The summed E-state index contributed by atoms with van der Waals surface area (Å²) in [5, 5.41) is 0. The minimum atomic E-state index is 0. The van der Waals surface area contributed by atoms with E-state index in [-0.39, 0.29) is 126 Å². The van der Waals surface area contributed by atoms with E-state index in [1.165, 1.54) is 0 Å². The average Bonchev–Trinajstić information content (AvgIpc) is 3.00. The molecule has 0 nitrogen and oxygen atoms in total. The molecule has 0 saturated heterocycles. The van der Waals surface area contributed by atoms with Crippen LogP contribution in [0.25, 0.3) is 0 Å². The number of thioether (sulfide) groups is 17. The Kier molecular flexibility index (Phi) is 2600. The topological polar surface area (TPSA) is 0 Å². The van der Waals surface area contributed by atoms with E-state index in [2.05, 4.69) is 0 Å². The van der Waals surface area contributed by atoms with Crippen LogP contribution in [0, 0.1) is 0 Å². The maximum Gasteiger partial charge on any atom is -0.0187 e. The van der Waals surface area contributed by atoms with E-state index < -0.39 is 0 Å². The van der Waals surface area contributed by atoms with Crippen LogP contribution in [0.1, 0.15) is 126 Å². The minimum Gasteiger partial charge on any atom is -0.169 e. The number of hydrogen-bond donors (Lipinski definition) is 0. The zero-order valence-electron chi connectivity index (χ0n) is 40.9. The molecular weight excluding hydrogens is 1160 g/mol. The molecule has 0 atom stereocenters. The Morgan fingerprint density at radius 2 is 0.0735 bits per heavy atom. The van der Waals surface area contributed by atoms with Crippen LogP contribution in [0.5, 0.6) is 0 Å². The fraction of sp³-hybridized carbons (Fsp3) is 1.00. The molecule has 0 spiro atoms. The average molecular weight is 1330 g/mol. The van der Waals surface area contributed by atoms with Gasteiger partial charge in [0.1, 0.15) is 0 Å². The second-order valence-corrected chi connectivity index (χ2v) is 20.8. The van der Waals surface area contributed by atoms with Gasteiger partial charge >= 0.3 is 0 Å². The van der Waals surface area contributed by atoms with E-state index in [1.54, 1.807) is 200 Å². The third-order valence-corrected chi connectivity index (χ3v) is 0. The lowest BCUT2D eigenvalue weighted by Gasteiger charge is -1.51. The summed E-state index contributed by atoms with van der Waals surface area (Å²) in [7, 11) is 0. The zero-order valence-corrected chi connectivity index (χ0v) is 54.8. The van der Waals surface area contributed by atoms with Crippen molar-refractivity contribution in [1.29, 1.82) is 0 Å². The second-order valence-electron chi connectivity index (χ2n) is 6.94. The summed E-state index contributed by atoms with van der Waals surface area (Å²) in [6.07, 6.45) is 69.4. The van der Waals surface area contributed by atoms with Gasteiger partial charge in [-0.25, -0.2) is 0 Å². The van der Waals surface area contributed by atoms with Gasteiger partial charge in [-0.3, -0.25) is 0 Å². The van der Waals surface area contributed by atoms with Gasteiger partial charge in [0.2, 0.25) is 0 Å². The molecular formula is C51H170S17. The molecule has 0 bridgehead atoms. The quantitative estimate of drug-likeness (QED) is 0.226. The molecule has 0 unspecified atom stereocenters. The van der Waals surface area contributed by atoms with Crippen molar-refractivity contribution in [1.82, 2.24) is 0 Å². The smallest absolute Gasteiger partial charge is 0.0187 e. The molecule has 0 fully saturated rings. The summed E-state index contributed by atoms with van der Waals surface area (Å²) in [4.78, 5) is 0. The fourth-order valence-corrected chi connectivity index (χ4v) is 0. The first-order chi connectivity index (χ1) is 24.0. The largest absolute Gasteiger partial charge is 0.169 e. The minimum absolute atomic E-state index is 0. The van der Waals surface area contributed by atoms with E-state index in [9.17, 15) is 0 Å². The van der Waals surface area contributed by atoms with Crippen LogP contribution in [0.4, 0.5) is 0 Å². The number of hydrogen-bond acceptors (Lipinski definition) is 17. The third-order valence-electron chi connectivity index (χ3n) is 0. The fourth-order valence-electron chi connectivity index (χ4n) is 0. The molecule has 0 radical (unpaired) electrons. The first kappa shape index (κ1) is 247. The molecule has 0 aromatic carbocycles. The molecule has 17 heteroatoms. The molecule has 68 heavy (non-hydrogen) atoms. The molecule has 0 saturated carbocycles. The Labute approximate surface area is 532 Å². The van der Waals surface area contributed by atoms with Crippen LogP contribution < -0.4 is 0 Å². The molecule has 0 aliphatic heterocycles. The van der Waals surface area contributed by atoms with Crippen molar-refractivity contribution in [3.63, 3.8) is 0 Å². The first-order valence-corrected chi connectivity index (χ1v) is 41.6. The van der Waals surface area contributed by atoms with E-state index in [1.807, 2.05) is 213 Å². The summed E-state index contributed by atoms with van der Waals surface area (Å²) < 4.78 is 0. The Hall–Kier alpha value is 5.95. The summed E-state index contributed by atoms with van der Waals surface area (Å²) >= 11 is 29.8. The van der Waals surface area contributed by atoms with Gasteiger partial charge in [-0.15, -0.1) is 0 Å². The van der Waals surface area contributed by atoms with Crippen LogP contribution >= 0.6 is 200 Å². The summed E-state index contributed by atoms with van der Waals surface area (Å²) in [6.45, 7) is 0. The predicted octanol–water partition coefficient (Wildman–Crippen LogP) is 27.5. The van der Waals surface area contributed by atoms with Gasteiger partial charge in [0.15, 0.2) is 0 Å². The Morgan fingerprint density at radius 1 is 0.0735 bits per heavy atom. The first-order valence-electron chi connectivity index (χ1n) is 13.9. The van der Waals surface area contributed by atoms with Crippen molar-refractivity contribution >= 4 is 200 Å². The van der Waals surface area contributed by atoms with Crippen molar-refractivity contribution in [2.75, 3.05) is 213 Å². The predicted molar refractivity (Wildman–Crippen MR) is 445 cm³/mol. The van der Waals surface area contributed by atoms with E-state index in [0.717, 1.165) is 0 Å². The maximum absolute atomic E-state index is 2.04. The van der Waals surface area contributed by atoms with Crippen LogP contribution in [-0.4, -0.2) is 213 Å². The Bertz CT molecular complexity index is 125. The Balaban J connectivity index is -0.00000000556. The molecule has 0 heterocycles. The van der Waals surface area contributed by atoms with Gasteiger partial charge in [-0.2, -0.15) is 200 Å². The van der Waals surface area contributed by atoms with Gasteiger partial charge in [-0.1, -0.05) is 126 Å². The van der Waals surface area contributed by atoms with Crippen LogP contribution in [0.2, 0.25) is 0 Å². The lowest BCUT2D eigenvalue weighted by Crippen LogP contribution is -1.25. The van der Waals surface area contributed by atoms with Gasteiger partial charge in [0, 0.05) is 0 Å². The molecule has 476 valence electrons. The Morgan fingerprint density at radius 3 is 0.0735 bits per heavy atom. The van der Waals surface area contributed by atoms with Crippen LogP contribution in [0.3, 0.4) is 0 Å². The van der Waals surface area contributed by atoms with Crippen molar-refractivity contribution in [3.05, 3.63) is 0 Å². The highest BCUT2D eigenvalue weighted by molar-refractivity contribution is 8.00. The normalized spacial score (nSPS) is 4.50. The third kappa shape index (κ3) is 10200. The van der Waals surface area contributed by atoms with E-state index >= 15 is 0 Å². The van der Waals surface area contributed by atoms with Gasteiger partial charge in [0.05, 0.1) is 0 Å². The van der Waals surface area contributed by atoms with Crippen molar-refractivity contribution < 1.29 is 0 Å². The highest BCUT2D eigenvalue weighted by atomic mass is 32.2. The lowest BCUT2D eigenvalue weighted by molar-refractivity contribution is 2.37. The molecule has 0 aliphatic rings. The van der Waals surface area contributed by atoms with Crippen molar-refractivity contribution in [2.24, 2.45) is 0 Å². The zero-order chi connectivity index (χ0) is 46.0. The van der Waals surface area contributed by atoms with Gasteiger partial charge in [-0.05, 0) is 213 Å². The summed E-state index contributed by atoms with van der Waals surface area (Å²) in [5.41, 5.74) is 0. The SMILES string of the molecule is C.C.C.C.C.C.C.C.C.C.C.C.C.C.C.C.C.CSC.CSC.CSC.CSC.CSC.CSC.CSC.CSC.CSC.CSC.CSC.CSC.CSC.CSC.CSC.CSC.CSC. The highest BCUT2D eigenvalue weighted by Crippen LogP contribution is 1.74. The van der Waals surface area contributed by atoms with Crippen LogP contribution in [0.15, 0.2) is 0 Å². The number of rotatable bonds is 0. The van der Waals surface area contributed by atoms with Gasteiger partial charge < -0.3 is 0 Å². The van der Waals surface area contributed by atoms with E-state index in [0.29, 0.717) is 0 Å². The lowest BCUT2D eigenvalue weighted by atomic mass is 11.9. The molecule has 0 aromatic heterocycles. The van der Waals surface area contributed by atoms with Crippen LogP contribution in [-0.2, 0) is 0 Å². The summed E-state index contributed by atoms with van der Waals surface area (Å²) in [5.74, 6) is 0. The molecule has 0 rings (SSSR count). The van der Waals surface area contributed by atoms with E-state index in [4.69, 9.17) is 0 Å². The maximum atomic E-state index is 2.04. The van der Waals surface area contributed by atoms with Crippen molar-refractivity contribution in [2.45, 2.75) is 126 Å². The van der Waals surface area contributed by atoms with Crippen molar-refractivity contribution in [3.8, 4) is 0 Å². The second kappa shape index (κ2) is 717. The molecule has 0 amide bonds. The molecule has 0 N–H and O–H groups in total. The molecule has 0 aromatic rings. The molecule has 0 aliphatic carbocycles. The standard InChI is InChI=1S/17C2H6S.17CH4/c17*1-3-2;;;;;;;;;;;;;;;;;/h17*1-2H3;17*1H4. The van der Waals surface area contributed by atoms with Gasteiger partial charge in [0.25, 0.3) is 0 Å². The monoisotopic (exact) mass is 1330 g/mol. The summed E-state index contributed by atoms with van der Waals surface area (Å²) in [6, 6.07) is 0.